The molecule has 9 heteroatoms. The fraction of sp³-hybridized carbons (Fsp3) is 0.308. The Labute approximate surface area is 200 Å². The van der Waals surface area contributed by atoms with Gasteiger partial charge in [0, 0.05) is 44.5 Å². The molecular formula is C26H28F2N4O3. The van der Waals surface area contributed by atoms with Crippen LogP contribution < -0.4 is 16.6 Å². The molecule has 0 atom stereocenters. The van der Waals surface area contributed by atoms with E-state index in [-0.39, 0.29) is 23.8 Å². The molecule has 0 aliphatic rings. The Hall–Kier alpha value is -3.88. The highest BCUT2D eigenvalue weighted by Gasteiger charge is 2.24. The van der Waals surface area contributed by atoms with Crippen LogP contribution in [-0.4, -0.2) is 18.8 Å². The second-order valence-corrected chi connectivity index (χ2v) is 9.27. The summed E-state index contributed by atoms with van der Waals surface area (Å²) in [5, 5.41) is 13.2. The highest BCUT2D eigenvalue weighted by atomic mass is 19.3. The van der Waals surface area contributed by atoms with E-state index in [9.17, 15) is 23.5 Å². The molecule has 0 radical (unpaired) electrons. The molecule has 0 aliphatic carbocycles. The Morgan fingerprint density at radius 3 is 2.23 bits per heavy atom. The quantitative estimate of drug-likeness (QED) is 0.372. The van der Waals surface area contributed by atoms with Gasteiger partial charge in [0.2, 0.25) is 0 Å². The maximum absolute atomic E-state index is 13.7. The predicted octanol–water partition coefficient (Wildman–Crippen LogP) is 4.77. The zero-order valence-corrected chi connectivity index (χ0v) is 20.0. The number of fused-ring (bicyclic) bond motifs is 1. The van der Waals surface area contributed by atoms with Crippen LogP contribution >= 0.6 is 0 Å². The number of alkyl halides is 2. The van der Waals surface area contributed by atoms with Crippen LogP contribution in [0.1, 0.15) is 31.9 Å². The van der Waals surface area contributed by atoms with E-state index in [0.29, 0.717) is 29.0 Å². The number of hydrogen-bond donors (Lipinski definition) is 2. The molecule has 0 bridgehead atoms. The summed E-state index contributed by atoms with van der Waals surface area (Å²) >= 11 is 0. The SMILES string of the molecule is CC(C)Cn1c(=O)n(C)c(=O)c2c(Nc3ccc(O)cc3)n(Cc3ccc(C(C)(F)F)cc3)cc21. The largest absolute Gasteiger partial charge is 0.508 e. The Bertz CT molecular complexity index is 1480. The molecule has 0 amide bonds. The molecule has 2 aromatic heterocycles. The van der Waals surface area contributed by atoms with Crippen molar-refractivity contribution < 1.29 is 13.9 Å². The molecule has 4 rings (SSSR count). The molecular weight excluding hydrogens is 454 g/mol. The highest BCUT2D eigenvalue weighted by molar-refractivity contribution is 5.92. The highest BCUT2D eigenvalue weighted by Crippen LogP contribution is 2.30. The summed E-state index contributed by atoms with van der Waals surface area (Å²) in [5.74, 6) is -2.21. The van der Waals surface area contributed by atoms with Crippen LogP contribution in [0.3, 0.4) is 0 Å². The minimum absolute atomic E-state index is 0.0824. The van der Waals surface area contributed by atoms with E-state index in [1.807, 2.05) is 13.8 Å². The number of hydrogen-bond acceptors (Lipinski definition) is 4. The van der Waals surface area contributed by atoms with Crippen LogP contribution in [0.2, 0.25) is 0 Å². The second kappa shape index (κ2) is 9.05. The lowest BCUT2D eigenvalue weighted by Gasteiger charge is -2.14. The Kier molecular flexibility index (Phi) is 6.27. The van der Waals surface area contributed by atoms with Gasteiger partial charge in [-0.3, -0.25) is 13.9 Å². The van der Waals surface area contributed by atoms with Crippen molar-refractivity contribution in [2.45, 2.75) is 39.8 Å². The van der Waals surface area contributed by atoms with Crippen LogP contribution in [0.5, 0.6) is 5.75 Å². The van der Waals surface area contributed by atoms with Crippen molar-refractivity contribution in [1.29, 1.82) is 0 Å². The Morgan fingerprint density at radius 2 is 1.66 bits per heavy atom. The summed E-state index contributed by atoms with van der Waals surface area (Å²) in [7, 11) is 1.45. The number of nitrogens with zero attached hydrogens (tertiary/aromatic N) is 3. The first-order chi connectivity index (χ1) is 16.5. The van der Waals surface area contributed by atoms with Gasteiger partial charge in [-0.2, -0.15) is 0 Å². The van der Waals surface area contributed by atoms with Gasteiger partial charge in [0.1, 0.15) is 17.0 Å². The van der Waals surface area contributed by atoms with Gasteiger partial charge in [-0.1, -0.05) is 38.1 Å². The van der Waals surface area contributed by atoms with Crippen molar-refractivity contribution in [2.75, 3.05) is 5.32 Å². The lowest BCUT2D eigenvalue weighted by molar-refractivity contribution is 0.0174. The number of phenolic OH excluding ortho intramolecular Hbond substituents is 1. The van der Waals surface area contributed by atoms with E-state index in [4.69, 9.17) is 0 Å². The second-order valence-electron chi connectivity index (χ2n) is 9.27. The zero-order chi connectivity index (χ0) is 25.5. The van der Waals surface area contributed by atoms with Gasteiger partial charge >= 0.3 is 5.69 Å². The van der Waals surface area contributed by atoms with Crippen LogP contribution in [0.15, 0.2) is 64.3 Å². The molecule has 35 heavy (non-hydrogen) atoms. The molecule has 4 aromatic rings. The van der Waals surface area contributed by atoms with Crippen LogP contribution in [0, 0.1) is 5.92 Å². The minimum atomic E-state index is -2.94. The molecule has 0 fully saturated rings. The van der Waals surface area contributed by atoms with Gasteiger partial charge in [-0.15, -0.1) is 0 Å². The number of phenols is 1. The average molecular weight is 483 g/mol. The maximum atomic E-state index is 13.7. The minimum Gasteiger partial charge on any atom is -0.508 e. The molecule has 0 aliphatic heterocycles. The number of benzene rings is 2. The molecule has 0 saturated carbocycles. The molecule has 2 heterocycles. The summed E-state index contributed by atoms with van der Waals surface area (Å²) in [6.07, 6.45) is 1.74. The van der Waals surface area contributed by atoms with Crippen molar-refractivity contribution in [2.24, 2.45) is 13.0 Å². The standard InChI is InChI=1S/C26H28F2N4O3/c1-16(2)13-32-21-15-31(14-17-5-7-18(8-6-17)26(3,27)28)23(22(21)24(34)30(4)25(32)35)29-19-9-11-20(33)12-10-19/h5-12,15-16,29,33H,13-14H2,1-4H3. The van der Waals surface area contributed by atoms with Crippen LogP contribution in [-0.2, 0) is 26.1 Å². The first kappa shape index (κ1) is 24.3. The first-order valence-corrected chi connectivity index (χ1v) is 11.3. The number of halogens is 2. The summed E-state index contributed by atoms with van der Waals surface area (Å²) < 4.78 is 31.8. The topological polar surface area (TPSA) is 81.2 Å². The lowest BCUT2D eigenvalue weighted by atomic mass is 10.1. The number of aromatic hydroxyl groups is 1. The Balaban J connectivity index is 1.90. The predicted molar refractivity (Wildman–Crippen MR) is 133 cm³/mol. The number of aromatic nitrogens is 3. The van der Waals surface area contributed by atoms with Crippen LogP contribution in [0.25, 0.3) is 10.9 Å². The monoisotopic (exact) mass is 482 g/mol. The van der Waals surface area contributed by atoms with Crippen molar-refractivity contribution >= 4 is 22.4 Å². The van der Waals surface area contributed by atoms with E-state index in [1.54, 1.807) is 39.6 Å². The molecule has 0 unspecified atom stereocenters. The average Bonchev–Trinajstić information content (AvgIpc) is 3.14. The van der Waals surface area contributed by atoms with E-state index < -0.39 is 17.2 Å². The van der Waals surface area contributed by atoms with E-state index in [0.717, 1.165) is 17.1 Å². The molecule has 2 N–H and O–H groups in total. The van der Waals surface area contributed by atoms with Gasteiger partial charge < -0.3 is 15.0 Å². The molecule has 2 aromatic carbocycles. The third-order valence-corrected chi connectivity index (χ3v) is 5.88. The van der Waals surface area contributed by atoms with Crippen molar-refractivity contribution in [1.82, 2.24) is 13.7 Å². The van der Waals surface area contributed by atoms with Crippen molar-refractivity contribution in [3.05, 3.63) is 86.7 Å². The fourth-order valence-electron chi connectivity index (χ4n) is 4.08. The maximum Gasteiger partial charge on any atom is 0.331 e. The summed E-state index contributed by atoms with van der Waals surface area (Å²) in [6, 6.07) is 12.4. The first-order valence-electron chi connectivity index (χ1n) is 11.3. The third-order valence-electron chi connectivity index (χ3n) is 5.88. The van der Waals surface area contributed by atoms with Crippen LogP contribution in [0.4, 0.5) is 20.3 Å². The number of anilines is 2. The zero-order valence-electron chi connectivity index (χ0n) is 20.0. The van der Waals surface area contributed by atoms with Crippen molar-refractivity contribution in [3.8, 4) is 5.75 Å². The van der Waals surface area contributed by atoms with E-state index >= 15 is 0 Å². The Morgan fingerprint density at radius 1 is 1.03 bits per heavy atom. The van der Waals surface area contributed by atoms with E-state index in [1.165, 1.54) is 31.3 Å². The number of nitrogens with one attached hydrogen (secondary N) is 1. The van der Waals surface area contributed by atoms with Gasteiger partial charge in [-0.05, 0) is 35.7 Å². The summed E-state index contributed by atoms with van der Waals surface area (Å²) in [4.78, 5) is 26.2. The van der Waals surface area contributed by atoms with Gasteiger partial charge in [0.15, 0.2) is 0 Å². The summed E-state index contributed by atoms with van der Waals surface area (Å²) in [6.45, 7) is 5.53. The molecule has 0 spiro atoms. The summed E-state index contributed by atoms with van der Waals surface area (Å²) in [5.41, 5.74) is 0.950. The van der Waals surface area contributed by atoms with Gasteiger partial charge in [-0.25, -0.2) is 13.6 Å². The molecule has 0 saturated heterocycles. The number of rotatable bonds is 7. The lowest BCUT2D eigenvalue weighted by Crippen LogP contribution is -2.38. The molecule has 7 nitrogen and oxygen atoms in total. The fourth-order valence-corrected chi connectivity index (χ4v) is 4.08. The van der Waals surface area contributed by atoms with Gasteiger partial charge in [0.05, 0.1) is 5.52 Å². The van der Waals surface area contributed by atoms with Crippen molar-refractivity contribution in [3.63, 3.8) is 0 Å². The van der Waals surface area contributed by atoms with Gasteiger partial charge in [0.25, 0.3) is 11.5 Å². The third kappa shape index (κ3) is 4.84. The normalized spacial score (nSPS) is 12.0. The smallest absolute Gasteiger partial charge is 0.331 e. The molecule has 184 valence electrons. The van der Waals surface area contributed by atoms with E-state index in [2.05, 4.69) is 5.32 Å².